The first kappa shape index (κ1) is 30.2. The van der Waals surface area contributed by atoms with Gasteiger partial charge < -0.3 is 29.2 Å². The third-order valence-corrected chi connectivity index (χ3v) is 7.59. The molecule has 10 nitrogen and oxygen atoms in total. The standard InChI is InChI=1S/C31H31Cl2N5O5/c1-31(2,3)43-30(41)38-13-11-37(12-14-38)29(40)26-16-19-5-8-22(17-25(19)36(26)4)42-27-10-7-21(18-34-27)35-28(39)20-6-9-23(32)24(33)15-20/h5-10,15-18H,11-14H2,1-4H3,(H,35,39). The molecule has 5 rings (SSSR count). The number of ether oxygens (including phenoxy) is 2. The molecule has 2 aromatic heterocycles. The fraction of sp³-hybridized carbons (Fsp3) is 0.290. The van der Waals surface area contributed by atoms with Gasteiger partial charge in [-0.3, -0.25) is 9.59 Å². The molecule has 43 heavy (non-hydrogen) atoms. The number of carbonyl (C=O) groups excluding carboxylic acids is 3. The van der Waals surface area contributed by atoms with Crippen LogP contribution in [0.4, 0.5) is 10.5 Å². The Morgan fingerprint density at radius 1 is 0.884 bits per heavy atom. The monoisotopic (exact) mass is 623 g/mol. The zero-order valence-corrected chi connectivity index (χ0v) is 25.7. The minimum atomic E-state index is -0.568. The molecule has 0 radical (unpaired) electrons. The van der Waals surface area contributed by atoms with Gasteiger partial charge in [0.25, 0.3) is 11.8 Å². The van der Waals surface area contributed by atoms with Crippen LogP contribution in [0, 0.1) is 0 Å². The first-order valence-corrected chi connectivity index (χ1v) is 14.4. The smallest absolute Gasteiger partial charge is 0.410 e. The quantitative estimate of drug-likeness (QED) is 0.268. The van der Waals surface area contributed by atoms with Gasteiger partial charge in [0.15, 0.2) is 0 Å². The summed E-state index contributed by atoms with van der Waals surface area (Å²) in [6.07, 6.45) is 1.12. The van der Waals surface area contributed by atoms with E-state index in [-0.39, 0.29) is 17.9 Å². The predicted octanol–water partition coefficient (Wildman–Crippen LogP) is 6.62. The average Bonchev–Trinajstić information content (AvgIpc) is 3.29. The van der Waals surface area contributed by atoms with Gasteiger partial charge in [-0.05, 0) is 63.2 Å². The third-order valence-electron chi connectivity index (χ3n) is 6.85. The van der Waals surface area contributed by atoms with Crippen LogP contribution in [0.15, 0.2) is 60.8 Å². The maximum absolute atomic E-state index is 13.4. The molecule has 1 fully saturated rings. The molecular formula is C31H31Cl2N5O5. The Labute approximate surface area is 259 Å². The summed E-state index contributed by atoms with van der Waals surface area (Å²) in [5, 5.41) is 4.31. The second kappa shape index (κ2) is 12.1. The van der Waals surface area contributed by atoms with Crippen LogP contribution in [0.25, 0.3) is 10.9 Å². The van der Waals surface area contributed by atoms with Gasteiger partial charge in [-0.15, -0.1) is 0 Å². The lowest BCUT2D eigenvalue weighted by molar-refractivity contribution is 0.0139. The summed E-state index contributed by atoms with van der Waals surface area (Å²) in [6, 6.07) is 15.3. The number of amides is 3. The number of aryl methyl sites for hydroxylation is 1. The van der Waals surface area contributed by atoms with E-state index in [1.54, 1.807) is 40.1 Å². The van der Waals surface area contributed by atoms with E-state index in [1.807, 2.05) is 50.6 Å². The SMILES string of the molecule is Cn1c(C(=O)N2CCN(C(=O)OC(C)(C)C)CC2)cc2ccc(Oc3ccc(NC(=O)c4ccc(Cl)c(Cl)c4)cn3)cc21. The number of hydrogen-bond acceptors (Lipinski definition) is 6. The van der Waals surface area contributed by atoms with Crippen molar-refractivity contribution in [2.24, 2.45) is 7.05 Å². The molecule has 3 heterocycles. The lowest BCUT2D eigenvalue weighted by atomic mass is 10.2. The average molecular weight is 625 g/mol. The van der Waals surface area contributed by atoms with Gasteiger partial charge in [0.05, 0.1) is 27.4 Å². The number of rotatable bonds is 5. The van der Waals surface area contributed by atoms with E-state index < -0.39 is 5.60 Å². The highest BCUT2D eigenvalue weighted by atomic mass is 35.5. The van der Waals surface area contributed by atoms with Gasteiger partial charge in [0.2, 0.25) is 5.88 Å². The Morgan fingerprint density at radius 2 is 1.60 bits per heavy atom. The molecule has 2 aromatic carbocycles. The molecule has 1 aliphatic heterocycles. The van der Waals surface area contributed by atoms with E-state index >= 15 is 0 Å². The lowest BCUT2D eigenvalue weighted by Gasteiger charge is -2.35. The summed E-state index contributed by atoms with van der Waals surface area (Å²) in [4.78, 5) is 46.0. The number of hydrogen-bond donors (Lipinski definition) is 1. The Hall–Kier alpha value is -4.28. The van der Waals surface area contributed by atoms with E-state index in [0.29, 0.717) is 64.8 Å². The minimum Gasteiger partial charge on any atom is -0.444 e. The molecule has 0 bridgehead atoms. The van der Waals surface area contributed by atoms with Crippen LogP contribution in [-0.2, 0) is 11.8 Å². The van der Waals surface area contributed by atoms with Gasteiger partial charge in [-0.25, -0.2) is 9.78 Å². The van der Waals surface area contributed by atoms with Crippen LogP contribution >= 0.6 is 23.2 Å². The number of nitrogens with one attached hydrogen (secondary N) is 1. The Balaban J connectivity index is 1.22. The van der Waals surface area contributed by atoms with Crippen molar-refractivity contribution in [3.8, 4) is 11.6 Å². The molecule has 0 atom stereocenters. The topological polar surface area (TPSA) is 106 Å². The summed E-state index contributed by atoms with van der Waals surface area (Å²) in [5.74, 6) is 0.419. The van der Waals surface area contributed by atoms with Crippen LogP contribution in [0.5, 0.6) is 11.6 Å². The van der Waals surface area contributed by atoms with Gasteiger partial charge in [0.1, 0.15) is 17.0 Å². The van der Waals surface area contributed by atoms with Crippen molar-refractivity contribution in [3.63, 3.8) is 0 Å². The Bertz CT molecular complexity index is 1690. The van der Waals surface area contributed by atoms with Gasteiger partial charge in [-0.2, -0.15) is 0 Å². The number of halogens is 2. The minimum absolute atomic E-state index is 0.106. The number of benzene rings is 2. The summed E-state index contributed by atoms with van der Waals surface area (Å²) in [6.45, 7) is 7.15. The third kappa shape index (κ3) is 7.03. The lowest BCUT2D eigenvalue weighted by Crippen LogP contribution is -2.51. The number of nitrogens with zero attached hydrogens (tertiary/aromatic N) is 4. The number of anilines is 1. The van der Waals surface area contributed by atoms with E-state index in [1.165, 1.54) is 12.3 Å². The number of aromatic nitrogens is 2. The maximum atomic E-state index is 13.4. The van der Waals surface area contributed by atoms with E-state index in [4.69, 9.17) is 32.7 Å². The fourth-order valence-electron chi connectivity index (χ4n) is 4.64. The normalized spacial score (nSPS) is 13.6. The van der Waals surface area contributed by atoms with Crippen molar-refractivity contribution in [1.29, 1.82) is 0 Å². The number of fused-ring (bicyclic) bond motifs is 1. The summed E-state index contributed by atoms with van der Waals surface area (Å²) >= 11 is 11.9. The van der Waals surface area contributed by atoms with Crippen molar-refractivity contribution in [2.45, 2.75) is 26.4 Å². The molecular weight excluding hydrogens is 593 g/mol. The molecule has 12 heteroatoms. The maximum Gasteiger partial charge on any atom is 0.410 e. The second-order valence-corrected chi connectivity index (χ2v) is 12.0. The molecule has 1 aliphatic rings. The van der Waals surface area contributed by atoms with Gasteiger partial charge >= 0.3 is 6.09 Å². The number of carbonyl (C=O) groups is 3. The first-order valence-electron chi connectivity index (χ1n) is 13.6. The van der Waals surface area contributed by atoms with E-state index in [2.05, 4.69) is 10.3 Å². The molecule has 1 N–H and O–H groups in total. The van der Waals surface area contributed by atoms with Crippen LogP contribution in [-0.4, -0.2) is 69.0 Å². The first-order chi connectivity index (χ1) is 20.4. The summed E-state index contributed by atoms with van der Waals surface area (Å²) < 4.78 is 13.2. The molecule has 0 aliphatic carbocycles. The Kier molecular flexibility index (Phi) is 8.52. The molecule has 0 unspecified atom stereocenters. The van der Waals surface area contributed by atoms with Gasteiger partial charge in [-0.1, -0.05) is 23.2 Å². The summed E-state index contributed by atoms with van der Waals surface area (Å²) in [7, 11) is 1.83. The molecule has 224 valence electrons. The van der Waals surface area contributed by atoms with E-state index in [0.717, 1.165) is 10.9 Å². The van der Waals surface area contributed by atoms with Crippen molar-refractivity contribution >= 4 is 57.7 Å². The second-order valence-electron chi connectivity index (χ2n) is 11.1. The van der Waals surface area contributed by atoms with Crippen molar-refractivity contribution in [2.75, 3.05) is 31.5 Å². The van der Waals surface area contributed by atoms with Crippen LogP contribution in [0.3, 0.4) is 0 Å². The number of pyridine rings is 1. The van der Waals surface area contributed by atoms with Crippen molar-refractivity contribution < 1.29 is 23.9 Å². The fourth-order valence-corrected chi connectivity index (χ4v) is 4.93. The molecule has 0 spiro atoms. The van der Waals surface area contributed by atoms with E-state index in [9.17, 15) is 14.4 Å². The largest absolute Gasteiger partial charge is 0.444 e. The molecule has 3 amide bonds. The number of piperazine rings is 1. The predicted molar refractivity (Wildman–Crippen MR) is 165 cm³/mol. The van der Waals surface area contributed by atoms with Gasteiger partial charge in [0, 0.05) is 56.3 Å². The Morgan fingerprint density at radius 3 is 2.26 bits per heavy atom. The van der Waals surface area contributed by atoms with Crippen LogP contribution in [0.2, 0.25) is 10.0 Å². The van der Waals surface area contributed by atoms with Crippen molar-refractivity contribution in [3.05, 3.63) is 82.1 Å². The summed E-state index contributed by atoms with van der Waals surface area (Å²) in [5.41, 5.74) is 1.64. The zero-order valence-electron chi connectivity index (χ0n) is 24.2. The highest BCUT2D eigenvalue weighted by molar-refractivity contribution is 6.42. The molecule has 0 saturated carbocycles. The highest BCUT2D eigenvalue weighted by Gasteiger charge is 2.29. The zero-order chi connectivity index (χ0) is 30.9. The van der Waals surface area contributed by atoms with Crippen molar-refractivity contribution in [1.82, 2.24) is 19.4 Å². The highest BCUT2D eigenvalue weighted by Crippen LogP contribution is 2.28. The van der Waals surface area contributed by atoms with Crippen LogP contribution in [0.1, 0.15) is 41.6 Å². The molecule has 1 saturated heterocycles. The molecule has 4 aromatic rings. The van der Waals surface area contributed by atoms with Crippen LogP contribution < -0.4 is 10.1 Å².